The fourth-order valence-corrected chi connectivity index (χ4v) is 4.52. The van der Waals surface area contributed by atoms with E-state index >= 15 is 0 Å². The Morgan fingerprint density at radius 3 is 2.78 bits per heavy atom. The molecule has 124 valence electrons. The van der Waals surface area contributed by atoms with E-state index in [1.54, 1.807) is 4.31 Å². The summed E-state index contributed by atoms with van der Waals surface area (Å²) in [6.45, 7) is 2.44. The van der Waals surface area contributed by atoms with Gasteiger partial charge in [-0.3, -0.25) is 10.1 Å². The van der Waals surface area contributed by atoms with Gasteiger partial charge in [-0.2, -0.15) is 9.40 Å². The van der Waals surface area contributed by atoms with E-state index in [1.807, 2.05) is 38.1 Å². The van der Waals surface area contributed by atoms with Crippen LogP contribution in [0.25, 0.3) is 0 Å². The number of nitrogens with zero attached hydrogens (tertiary/aromatic N) is 4. The van der Waals surface area contributed by atoms with Gasteiger partial charge in [0.05, 0.1) is 17.9 Å². The quantitative estimate of drug-likeness (QED) is 0.920. The molecular weight excluding hydrogens is 314 g/mol. The topological polar surface area (TPSA) is 82.2 Å². The lowest BCUT2D eigenvalue weighted by Crippen LogP contribution is -2.31. The second-order valence-corrected chi connectivity index (χ2v) is 7.88. The van der Waals surface area contributed by atoms with Crippen LogP contribution >= 0.6 is 0 Å². The van der Waals surface area contributed by atoms with E-state index in [2.05, 4.69) is 15.2 Å². The van der Waals surface area contributed by atoms with E-state index < -0.39 is 10.0 Å². The molecule has 1 atom stereocenters. The van der Waals surface area contributed by atoms with Crippen LogP contribution in [-0.4, -0.2) is 48.5 Å². The molecule has 8 heteroatoms. The minimum atomic E-state index is -3.55. The lowest BCUT2D eigenvalue weighted by Gasteiger charge is -2.24. The maximum absolute atomic E-state index is 12.8. The number of aryl methyl sites for hydroxylation is 1. The van der Waals surface area contributed by atoms with Gasteiger partial charge in [0.15, 0.2) is 0 Å². The van der Waals surface area contributed by atoms with Crippen LogP contribution in [0.4, 0.5) is 5.69 Å². The fourth-order valence-electron chi connectivity index (χ4n) is 2.94. The zero-order valence-corrected chi connectivity index (χ0v) is 14.3. The first-order valence-electron chi connectivity index (χ1n) is 7.56. The molecule has 2 aromatic rings. The van der Waals surface area contributed by atoms with Crippen LogP contribution in [0.5, 0.6) is 0 Å². The number of H-pyrrole nitrogens is 1. The molecule has 0 aliphatic carbocycles. The van der Waals surface area contributed by atoms with Crippen molar-refractivity contribution in [1.82, 2.24) is 19.5 Å². The molecule has 1 fully saturated rings. The Balaban J connectivity index is 2.00. The molecule has 0 spiro atoms. The number of aromatic nitrogens is 3. The summed E-state index contributed by atoms with van der Waals surface area (Å²) in [4.78, 5) is 6.79. The van der Waals surface area contributed by atoms with Crippen molar-refractivity contribution in [3.05, 3.63) is 35.9 Å². The fraction of sp³-hybridized carbons (Fsp3) is 0.467. The predicted molar refractivity (Wildman–Crippen MR) is 87.8 cm³/mol. The molecule has 1 N–H and O–H groups in total. The van der Waals surface area contributed by atoms with E-state index in [-0.39, 0.29) is 10.9 Å². The number of nitrogens with one attached hydrogen (secondary N) is 1. The molecule has 7 nitrogen and oxygen atoms in total. The third-order valence-electron chi connectivity index (χ3n) is 4.10. The Hall–Kier alpha value is -1.93. The molecule has 23 heavy (non-hydrogen) atoms. The van der Waals surface area contributed by atoms with Gasteiger partial charge >= 0.3 is 0 Å². The van der Waals surface area contributed by atoms with Gasteiger partial charge < -0.3 is 4.90 Å². The predicted octanol–water partition coefficient (Wildman–Crippen LogP) is 1.70. The van der Waals surface area contributed by atoms with Gasteiger partial charge in [-0.15, -0.1) is 0 Å². The lowest BCUT2D eigenvalue weighted by atomic mass is 10.1. The Kier molecular flexibility index (Phi) is 4.11. The van der Waals surface area contributed by atoms with Gasteiger partial charge in [-0.25, -0.2) is 8.42 Å². The summed E-state index contributed by atoms with van der Waals surface area (Å²) >= 11 is 0. The van der Waals surface area contributed by atoms with Crippen LogP contribution in [0.15, 0.2) is 29.4 Å². The molecule has 1 aliphatic heterocycles. The monoisotopic (exact) mass is 335 g/mol. The average molecular weight is 335 g/mol. The number of sulfonamides is 1. The smallest absolute Gasteiger partial charge is 0.246 e. The SMILES string of the molecule is Cc1cc(N(C)C)cc([C@H]2CCCN2S(=O)(=O)c2cn[nH]c2)n1. The zero-order chi connectivity index (χ0) is 16.6. The largest absolute Gasteiger partial charge is 0.378 e. The summed E-state index contributed by atoms with van der Waals surface area (Å²) < 4.78 is 27.2. The molecule has 1 saturated heterocycles. The van der Waals surface area contributed by atoms with Crippen molar-refractivity contribution >= 4 is 15.7 Å². The number of aromatic amines is 1. The van der Waals surface area contributed by atoms with Crippen molar-refractivity contribution in [1.29, 1.82) is 0 Å². The van der Waals surface area contributed by atoms with Crippen molar-refractivity contribution in [3.63, 3.8) is 0 Å². The molecule has 0 saturated carbocycles. The molecule has 0 unspecified atom stereocenters. The van der Waals surface area contributed by atoms with Gasteiger partial charge in [0.1, 0.15) is 4.90 Å². The molecular formula is C15H21N5O2S. The highest BCUT2D eigenvalue weighted by molar-refractivity contribution is 7.89. The summed E-state index contributed by atoms with van der Waals surface area (Å²) in [6, 6.07) is 3.74. The van der Waals surface area contributed by atoms with Crippen LogP contribution in [-0.2, 0) is 10.0 Å². The minimum absolute atomic E-state index is 0.199. The standard InChI is InChI=1S/C15H21N5O2S/c1-11-7-12(19(2)3)8-14(18-11)15-5-4-6-20(15)23(21,22)13-9-16-17-10-13/h7-10,15H,4-6H2,1-3H3,(H,16,17)/t15-/m1/s1. The summed E-state index contributed by atoms with van der Waals surface area (Å²) in [7, 11) is 0.378. The minimum Gasteiger partial charge on any atom is -0.378 e. The maximum Gasteiger partial charge on any atom is 0.246 e. The summed E-state index contributed by atoms with van der Waals surface area (Å²) in [6.07, 6.45) is 4.37. The molecule has 3 heterocycles. The van der Waals surface area contributed by atoms with E-state index in [0.29, 0.717) is 6.54 Å². The molecule has 0 amide bonds. The Morgan fingerprint density at radius 2 is 2.13 bits per heavy atom. The molecule has 0 radical (unpaired) electrons. The Bertz CT molecular complexity index is 786. The number of pyridine rings is 1. The Morgan fingerprint density at radius 1 is 1.35 bits per heavy atom. The van der Waals surface area contributed by atoms with Crippen LogP contribution in [0.2, 0.25) is 0 Å². The Labute approximate surface area is 136 Å². The summed E-state index contributed by atoms with van der Waals surface area (Å²) in [5, 5.41) is 6.32. The normalized spacial score (nSPS) is 19.2. The molecule has 3 rings (SSSR count). The lowest BCUT2D eigenvalue weighted by molar-refractivity contribution is 0.390. The maximum atomic E-state index is 12.8. The third-order valence-corrected chi connectivity index (χ3v) is 5.97. The van der Waals surface area contributed by atoms with Crippen molar-refractivity contribution in [2.24, 2.45) is 0 Å². The highest BCUT2D eigenvalue weighted by atomic mass is 32.2. The van der Waals surface area contributed by atoms with Crippen molar-refractivity contribution < 1.29 is 8.42 Å². The van der Waals surface area contributed by atoms with E-state index in [4.69, 9.17) is 0 Å². The molecule has 2 aromatic heterocycles. The van der Waals surface area contributed by atoms with E-state index in [1.165, 1.54) is 12.4 Å². The number of hydrogen-bond acceptors (Lipinski definition) is 5. The first-order chi connectivity index (χ1) is 10.9. The number of rotatable bonds is 4. The van der Waals surface area contributed by atoms with Gasteiger partial charge in [0.25, 0.3) is 0 Å². The highest BCUT2D eigenvalue weighted by Gasteiger charge is 2.37. The first kappa shape index (κ1) is 15.9. The van der Waals surface area contributed by atoms with Crippen LogP contribution < -0.4 is 4.90 Å². The molecule has 0 bridgehead atoms. The van der Waals surface area contributed by atoms with Crippen molar-refractivity contribution in [2.75, 3.05) is 25.5 Å². The van der Waals surface area contributed by atoms with Crippen molar-refractivity contribution in [2.45, 2.75) is 30.7 Å². The molecule has 1 aliphatic rings. The second-order valence-electron chi connectivity index (χ2n) is 5.99. The second kappa shape index (κ2) is 5.93. The van der Waals surface area contributed by atoms with Crippen LogP contribution in [0, 0.1) is 6.92 Å². The van der Waals surface area contributed by atoms with Crippen molar-refractivity contribution in [3.8, 4) is 0 Å². The number of anilines is 1. The van der Waals surface area contributed by atoms with E-state index in [0.717, 1.165) is 29.9 Å². The first-order valence-corrected chi connectivity index (χ1v) is 9.00. The van der Waals surface area contributed by atoms with Crippen LogP contribution in [0.1, 0.15) is 30.3 Å². The van der Waals surface area contributed by atoms with Gasteiger partial charge in [0, 0.05) is 38.2 Å². The molecule has 0 aromatic carbocycles. The summed E-state index contributed by atoms with van der Waals surface area (Å²) in [5.41, 5.74) is 2.72. The zero-order valence-electron chi connectivity index (χ0n) is 13.5. The van der Waals surface area contributed by atoms with E-state index in [9.17, 15) is 8.42 Å². The van der Waals surface area contributed by atoms with Gasteiger partial charge in [-0.1, -0.05) is 0 Å². The third kappa shape index (κ3) is 2.96. The average Bonchev–Trinajstić information content (AvgIpc) is 3.18. The number of hydrogen-bond donors (Lipinski definition) is 1. The summed E-state index contributed by atoms with van der Waals surface area (Å²) in [5.74, 6) is 0. The van der Waals surface area contributed by atoms with Crippen LogP contribution in [0.3, 0.4) is 0 Å². The van der Waals surface area contributed by atoms with Gasteiger partial charge in [-0.05, 0) is 31.9 Å². The highest BCUT2D eigenvalue weighted by Crippen LogP contribution is 2.36. The van der Waals surface area contributed by atoms with Gasteiger partial charge in [0.2, 0.25) is 10.0 Å².